The number of rotatable bonds is 0. The van der Waals surface area contributed by atoms with Crippen molar-refractivity contribution >= 4 is 17.4 Å². The summed E-state index contributed by atoms with van der Waals surface area (Å²) in [5, 5.41) is 0. The Morgan fingerprint density at radius 1 is 1.00 bits per heavy atom. The number of allylic oxidation sites excluding steroid dienone is 7. The van der Waals surface area contributed by atoms with Crippen LogP contribution in [0.5, 0.6) is 0 Å². The molecule has 0 saturated carbocycles. The lowest BCUT2D eigenvalue weighted by molar-refractivity contribution is 0.0994. The second-order valence-electron chi connectivity index (χ2n) is 4.89. The van der Waals surface area contributed by atoms with Gasteiger partial charge < -0.3 is 0 Å². The maximum absolute atomic E-state index is 11.9. The lowest BCUT2D eigenvalue weighted by atomic mass is 9.81. The molecule has 0 unspecified atom stereocenters. The van der Waals surface area contributed by atoms with Gasteiger partial charge in [-0.25, -0.2) is 0 Å². The molecule has 3 aliphatic carbocycles. The minimum Gasteiger partial charge on any atom is -0.294 e. The number of fused-ring (bicyclic) bond motifs is 5. The summed E-state index contributed by atoms with van der Waals surface area (Å²) >= 11 is 0. The standard InChI is InChI=1S/C17H12O/c18-17-6-2-5-13-15-8-7-11-3-1-4-12(11)14(15)9-10-16(13)17/h1-5,7,9-10H,6,8H2. The molecule has 0 fully saturated rings. The van der Waals surface area contributed by atoms with Crippen molar-refractivity contribution in [2.75, 3.05) is 0 Å². The van der Waals surface area contributed by atoms with Crippen molar-refractivity contribution in [1.29, 1.82) is 0 Å². The van der Waals surface area contributed by atoms with E-state index in [-0.39, 0.29) is 5.78 Å². The lowest BCUT2D eigenvalue weighted by Gasteiger charge is -2.22. The molecule has 0 atom stereocenters. The van der Waals surface area contributed by atoms with Crippen LogP contribution in [0.3, 0.4) is 0 Å². The van der Waals surface area contributed by atoms with E-state index in [4.69, 9.17) is 0 Å². The highest BCUT2D eigenvalue weighted by Crippen LogP contribution is 2.39. The Morgan fingerprint density at radius 3 is 2.83 bits per heavy atom. The van der Waals surface area contributed by atoms with Crippen molar-refractivity contribution < 1.29 is 4.79 Å². The highest BCUT2D eigenvalue weighted by atomic mass is 16.1. The van der Waals surface area contributed by atoms with Gasteiger partial charge in [-0.05, 0) is 34.3 Å². The topological polar surface area (TPSA) is 17.1 Å². The smallest absolute Gasteiger partial charge is 0.167 e. The molecule has 86 valence electrons. The summed E-state index contributed by atoms with van der Waals surface area (Å²) in [7, 11) is 0. The van der Waals surface area contributed by atoms with Gasteiger partial charge in [-0.1, -0.05) is 48.6 Å². The summed E-state index contributed by atoms with van der Waals surface area (Å²) in [5.41, 5.74) is 7.22. The second-order valence-corrected chi connectivity index (χ2v) is 4.89. The summed E-state index contributed by atoms with van der Waals surface area (Å²) in [6.07, 6.45) is 14.2. The Morgan fingerprint density at radius 2 is 1.89 bits per heavy atom. The first kappa shape index (κ1) is 9.84. The molecule has 3 aliphatic rings. The molecule has 0 heterocycles. The molecule has 4 rings (SSSR count). The van der Waals surface area contributed by atoms with E-state index in [0.717, 1.165) is 17.5 Å². The largest absolute Gasteiger partial charge is 0.294 e. The van der Waals surface area contributed by atoms with E-state index in [2.05, 4.69) is 36.4 Å². The van der Waals surface area contributed by atoms with Crippen molar-refractivity contribution in [2.45, 2.75) is 12.8 Å². The second kappa shape index (κ2) is 3.42. The van der Waals surface area contributed by atoms with Crippen molar-refractivity contribution in [1.82, 2.24) is 0 Å². The van der Waals surface area contributed by atoms with Crippen LogP contribution in [0.2, 0.25) is 0 Å². The lowest BCUT2D eigenvalue weighted by Crippen LogP contribution is -2.10. The predicted molar refractivity (Wildman–Crippen MR) is 73.3 cm³/mol. The van der Waals surface area contributed by atoms with Gasteiger partial charge in [0.1, 0.15) is 0 Å². The van der Waals surface area contributed by atoms with Crippen LogP contribution in [0.4, 0.5) is 0 Å². The van der Waals surface area contributed by atoms with E-state index in [1.807, 2.05) is 12.1 Å². The van der Waals surface area contributed by atoms with Crippen molar-refractivity contribution in [3.05, 3.63) is 70.3 Å². The first-order valence-corrected chi connectivity index (χ1v) is 6.29. The molecule has 0 radical (unpaired) electrons. The maximum Gasteiger partial charge on any atom is 0.167 e. The van der Waals surface area contributed by atoms with E-state index in [1.54, 1.807) is 0 Å². The van der Waals surface area contributed by atoms with Gasteiger partial charge >= 0.3 is 0 Å². The Kier molecular flexibility index (Phi) is 1.87. The fourth-order valence-electron chi connectivity index (χ4n) is 3.03. The van der Waals surface area contributed by atoms with Gasteiger partial charge in [-0.3, -0.25) is 4.79 Å². The predicted octanol–water partition coefficient (Wildman–Crippen LogP) is 3.72. The first-order valence-electron chi connectivity index (χ1n) is 6.29. The minimum atomic E-state index is 0.239. The molecule has 0 N–H and O–H groups in total. The molecule has 0 amide bonds. The molecule has 1 aromatic carbocycles. The zero-order valence-electron chi connectivity index (χ0n) is 9.94. The summed E-state index contributed by atoms with van der Waals surface area (Å²) in [5.74, 6) is 0.239. The molecule has 1 aromatic rings. The van der Waals surface area contributed by atoms with Crippen LogP contribution >= 0.6 is 0 Å². The van der Waals surface area contributed by atoms with E-state index < -0.39 is 0 Å². The summed E-state index contributed by atoms with van der Waals surface area (Å²) in [4.78, 5) is 11.9. The fraction of sp³-hybridized carbons (Fsp3) is 0.118. The molecular formula is C17H12O. The van der Waals surface area contributed by atoms with Crippen LogP contribution in [-0.2, 0) is 6.42 Å². The van der Waals surface area contributed by atoms with Gasteiger partial charge in [0.15, 0.2) is 5.78 Å². The Balaban J connectivity index is 1.99. The van der Waals surface area contributed by atoms with Crippen LogP contribution in [0.25, 0.3) is 11.6 Å². The fourth-order valence-corrected chi connectivity index (χ4v) is 3.03. The van der Waals surface area contributed by atoms with Crippen LogP contribution in [-0.4, -0.2) is 5.78 Å². The molecule has 0 saturated heterocycles. The van der Waals surface area contributed by atoms with Crippen molar-refractivity contribution in [3.63, 3.8) is 0 Å². The highest BCUT2D eigenvalue weighted by Gasteiger charge is 2.23. The number of Topliss-reactive ketones (excluding diaryl/α,β-unsaturated/α-hetero) is 1. The summed E-state index contributed by atoms with van der Waals surface area (Å²) in [6, 6.07) is 4.10. The van der Waals surface area contributed by atoms with E-state index in [0.29, 0.717) is 6.42 Å². The van der Waals surface area contributed by atoms with Gasteiger partial charge in [-0.2, -0.15) is 0 Å². The Hall–Kier alpha value is -2.15. The first-order chi connectivity index (χ1) is 8.84. The SMILES string of the molecule is O=C1CC=Cc2c1ccc1c2CC=C2C=CC=C21. The van der Waals surface area contributed by atoms with E-state index in [9.17, 15) is 4.79 Å². The Bertz CT molecular complexity index is 697. The van der Waals surface area contributed by atoms with E-state index in [1.165, 1.54) is 22.3 Å². The minimum absolute atomic E-state index is 0.239. The molecule has 18 heavy (non-hydrogen) atoms. The third kappa shape index (κ3) is 1.19. The molecule has 0 aliphatic heterocycles. The number of benzene rings is 1. The molecule has 0 bridgehead atoms. The third-order valence-corrected chi connectivity index (χ3v) is 3.91. The third-order valence-electron chi connectivity index (χ3n) is 3.91. The number of carbonyl (C=O) groups excluding carboxylic acids is 1. The molecular weight excluding hydrogens is 220 g/mol. The van der Waals surface area contributed by atoms with Gasteiger partial charge in [0, 0.05) is 12.0 Å². The average molecular weight is 232 g/mol. The van der Waals surface area contributed by atoms with Crippen molar-refractivity contribution in [3.8, 4) is 0 Å². The van der Waals surface area contributed by atoms with Gasteiger partial charge in [0.25, 0.3) is 0 Å². The van der Waals surface area contributed by atoms with Gasteiger partial charge in [0.2, 0.25) is 0 Å². The number of carbonyl (C=O) groups is 1. The normalized spacial score (nSPS) is 19.0. The Labute approximate surface area is 106 Å². The van der Waals surface area contributed by atoms with Crippen LogP contribution < -0.4 is 0 Å². The quantitative estimate of drug-likeness (QED) is 0.666. The van der Waals surface area contributed by atoms with Crippen LogP contribution in [0.1, 0.15) is 33.5 Å². The summed E-state index contributed by atoms with van der Waals surface area (Å²) < 4.78 is 0. The molecule has 0 aromatic heterocycles. The maximum atomic E-state index is 11.9. The number of hydrogen-bond donors (Lipinski definition) is 0. The highest BCUT2D eigenvalue weighted by molar-refractivity contribution is 6.04. The zero-order chi connectivity index (χ0) is 12.1. The van der Waals surface area contributed by atoms with Gasteiger partial charge in [-0.15, -0.1) is 0 Å². The van der Waals surface area contributed by atoms with Gasteiger partial charge in [0.05, 0.1) is 0 Å². The summed E-state index contributed by atoms with van der Waals surface area (Å²) in [6.45, 7) is 0. The molecule has 1 heteroatoms. The number of hydrogen-bond acceptors (Lipinski definition) is 1. The number of ketones is 1. The van der Waals surface area contributed by atoms with E-state index >= 15 is 0 Å². The molecule has 0 spiro atoms. The zero-order valence-corrected chi connectivity index (χ0v) is 9.94. The van der Waals surface area contributed by atoms with Crippen molar-refractivity contribution in [2.24, 2.45) is 0 Å². The molecule has 1 nitrogen and oxygen atoms in total. The van der Waals surface area contributed by atoms with Crippen LogP contribution in [0.15, 0.2) is 48.1 Å². The van der Waals surface area contributed by atoms with Crippen LogP contribution in [0, 0.1) is 0 Å². The average Bonchev–Trinajstić information content (AvgIpc) is 2.87. The monoisotopic (exact) mass is 232 g/mol.